The number of aromatic nitrogens is 2. The zero-order valence-corrected chi connectivity index (χ0v) is 12.4. The van der Waals surface area contributed by atoms with Crippen molar-refractivity contribution in [1.29, 1.82) is 0 Å². The summed E-state index contributed by atoms with van der Waals surface area (Å²) in [5.41, 5.74) is 4.86. The number of amides is 1. The normalized spacial score (nSPS) is 14.0. The van der Waals surface area contributed by atoms with E-state index in [-0.39, 0.29) is 5.91 Å². The molecular formula is C13H22N4OS. The fourth-order valence-electron chi connectivity index (χ4n) is 1.66. The van der Waals surface area contributed by atoms with Crippen molar-refractivity contribution in [3.05, 3.63) is 18.6 Å². The van der Waals surface area contributed by atoms with Crippen molar-refractivity contribution in [2.75, 3.05) is 12.3 Å². The van der Waals surface area contributed by atoms with Gasteiger partial charge in [-0.15, -0.1) is 11.8 Å². The van der Waals surface area contributed by atoms with Crippen LogP contribution in [0.1, 0.15) is 33.1 Å². The lowest BCUT2D eigenvalue weighted by Gasteiger charge is -2.27. The van der Waals surface area contributed by atoms with Crippen LogP contribution in [0.4, 0.5) is 0 Å². The number of carbonyl (C=O) groups is 1. The summed E-state index contributed by atoms with van der Waals surface area (Å²) in [6.45, 7) is 4.74. The molecule has 0 aromatic carbocycles. The quantitative estimate of drug-likeness (QED) is 0.531. The van der Waals surface area contributed by atoms with Gasteiger partial charge in [-0.25, -0.2) is 4.98 Å². The molecule has 1 aromatic rings. The zero-order valence-electron chi connectivity index (χ0n) is 11.6. The molecule has 1 amide bonds. The number of thioether (sulfide) groups is 1. The Morgan fingerprint density at radius 2 is 2.32 bits per heavy atom. The third-order valence-electron chi connectivity index (χ3n) is 2.92. The van der Waals surface area contributed by atoms with E-state index in [1.54, 1.807) is 30.4 Å². The molecule has 0 bridgehead atoms. The van der Waals surface area contributed by atoms with Gasteiger partial charge in [-0.1, -0.05) is 6.92 Å². The molecule has 0 spiro atoms. The second kappa shape index (κ2) is 8.12. The van der Waals surface area contributed by atoms with Crippen molar-refractivity contribution in [1.82, 2.24) is 15.3 Å². The van der Waals surface area contributed by atoms with Crippen molar-refractivity contribution in [2.45, 2.75) is 43.7 Å². The number of rotatable bonds is 9. The lowest BCUT2D eigenvalue weighted by Crippen LogP contribution is -2.53. The molecular weight excluding hydrogens is 260 g/mol. The first-order valence-electron chi connectivity index (χ1n) is 6.52. The van der Waals surface area contributed by atoms with Crippen LogP contribution in [0, 0.1) is 0 Å². The van der Waals surface area contributed by atoms with Crippen LogP contribution in [-0.2, 0) is 4.79 Å². The van der Waals surface area contributed by atoms with Crippen LogP contribution in [0.5, 0.6) is 0 Å². The Labute approximate surface area is 118 Å². The fraction of sp³-hybridized carbons (Fsp3) is 0.615. The molecule has 0 fully saturated rings. The van der Waals surface area contributed by atoms with Crippen molar-refractivity contribution in [3.8, 4) is 0 Å². The average molecular weight is 282 g/mol. The molecule has 1 atom stereocenters. The summed E-state index contributed by atoms with van der Waals surface area (Å²) < 4.78 is 0. The lowest BCUT2D eigenvalue weighted by molar-refractivity contribution is -0.124. The molecule has 0 saturated heterocycles. The Hall–Kier alpha value is -1.14. The summed E-state index contributed by atoms with van der Waals surface area (Å²) in [5, 5.41) is 4.14. The molecule has 1 heterocycles. The van der Waals surface area contributed by atoms with E-state index in [1.807, 2.05) is 6.92 Å². The zero-order chi connectivity index (χ0) is 14.1. The van der Waals surface area contributed by atoms with Gasteiger partial charge in [0.2, 0.25) is 5.91 Å². The summed E-state index contributed by atoms with van der Waals surface area (Å²) in [5.74, 6) is 0.612. The highest BCUT2D eigenvalue weighted by Crippen LogP contribution is 2.19. The predicted molar refractivity (Wildman–Crippen MR) is 77.9 cm³/mol. The Balaban J connectivity index is 2.34. The maximum absolute atomic E-state index is 11.5. The Morgan fingerprint density at radius 3 is 2.89 bits per heavy atom. The van der Waals surface area contributed by atoms with E-state index >= 15 is 0 Å². The highest BCUT2D eigenvalue weighted by molar-refractivity contribution is 7.99. The van der Waals surface area contributed by atoms with Gasteiger partial charge in [0, 0.05) is 12.4 Å². The van der Waals surface area contributed by atoms with E-state index in [0.717, 1.165) is 36.6 Å². The summed E-state index contributed by atoms with van der Waals surface area (Å²) in [6.07, 6.45) is 7.69. The minimum atomic E-state index is -0.612. The second-order valence-electron chi connectivity index (χ2n) is 4.62. The Kier molecular flexibility index (Phi) is 6.80. The van der Waals surface area contributed by atoms with Crippen molar-refractivity contribution in [2.24, 2.45) is 5.73 Å². The number of nitrogens with zero attached hydrogens (tertiary/aromatic N) is 2. The maximum Gasteiger partial charge on any atom is 0.237 e. The Morgan fingerprint density at radius 1 is 1.53 bits per heavy atom. The van der Waals surface area contributed by atoms with Gasteiger partial charge < -0.3 is 11.1 Å². The monoisotopic (exact) mass is 282 g/mol. The van der Waals surface area contributed by atoms with E-state index in [2.05, 4.69) is 22.2 Å². The van der Waals surface area contributed by atoms with Crippen LogP contribution in [-0.4, -0.2) is 33.7 Å². The third kappa shape index (κ3) is 5.57. The average Bonchev–Trinajstić information content (AvgIpc) is 2.42. The highest BCUT2D eigenvalue weighted by Gasteiger charge is 2.29. The topological polar surface area (TPSA) is 80.9 Å². The van der Waals surface area contributed by atoms with Crippen molar-refractivity contribution < 1.29 is 4.79 Å². The van der Waals surface area contributed by atoms with Crippen LogP contribution in [0.25, 0.3) is 0 Å². The Bertz CT molecular complexity index is 387. The van der Waals surface area contributed by atoms with Gasteiger partial charge in [0.25, 0.3) is 0 Å². The van der Waals surface area contributed by atoms with Crippen LogP contribution in [0.3, 0.4) is 0 Å². The number of carbonyl (C=O) groups excluding carboxylic acids is 1. The number of nitrogens with two attached hydrogens (primary N) is 1. The predicted octanol–water partition coefficient (Wildman–Crippen LogP) is 1.59. The molecule has 106 valence electrons. The van der Waals surface area contributed by atoms with Crippen LogP contribution in [0.2, 0.25) is 0 Å². The SMILES string of the molecule is CCCNC(C)(CCCSc1cnccn1)C(N)=O. The number of hydrogen-bond acceptors (Lipinski definition) is 5. The van der Waals surface area contributed by atoms with Gasteiger partial charge in [-0.05, 0) is 38.5 Å². The molecule has 5 nitrogen and oxygen atoms in total. The van der Waals surface area contributed by atoms with E-state index < -0.39 is 5.54 Å². The van der Waals surface area contributed by atoms with E-state index in [0.29, 0.717) is 0 Å². The van der Waals surface area contributed by atoms with Crippen LogP contribution in [0.15, 0.2) is 23.6 Å². The largest absolute Gasteiger partial charge is 0.368 e. The van der Waals surface area contributed by atoms with Gasteiger partial charge in [0.15, 0.2) is 0 Å². The summed E-state index contributed by atoms with van der Waals surface area (Å²) in [7, 11) is 0. The first kappa shape index (κ1) is 15.9. The maximum atomic E-state index is 11.5. The summed E-state index contributed by atoms with van der Waals surface area (Å²) >= 11 is 1.64. The fourth-order valence-corrected chi connectivity index (χ4v) is 2.43. The molecule has 0 radical (unpaired) electrons. The second-order valence-corrected chi connectivity index (χ2v) is 5.73. The molecule has 6 heteroatoms. The van der Waals surface area contributed by atoms with Crippen molar-refractivity contribution in [3.63, 3.8) is 0 Å². The molecule has 0 saturated carbocycles. The van der Waals surface area contributed by atoms with E-state index in [9.17, 15) is 4.79 Å². The number of nitrogens with one attached hydrogen (secondary N) is 1. The van der Waals surface area contributed by atoms with Crippen LogP contribution >= 0.6 is 11.8 Å². The number of hydrogen-bond donors (Lipinski definition) is 2. The first-order chi connectivity index (χ1) is 9.08. The molecule has 0 aliphatic rings. The van der Waals surface area contributed by atoms with E-state index in [1.165, 1.54) is 0 Å². The van der Waals surface area contributed by atoms with Crippen LogP contribution < -0.4 is 11.1 Å². The van der Waals surface area contributed by atoms with Gasteiger partial charge in [0.1, 0.15) is 5.03 Å². The molecule has 1 rings (SSSR count). The van der Waals surface area contributed by atoms with Crippen molar-refractivity contribution >= 4 is 17.7 Å². The molecule has 0 aliphatic carbocycles. The van der Waals surface area contributed by atoms with Gasteiger partial charge in [0.05, 0.1) is 11.7 Å². The highest BCUT2D eigenvalue weighted by atomic mass is 32.2. The minimum absolute atomic E-state index is 0.287. The van der Waals surface area contributed by atoms with Gasteiger partial charge in [-0.2, -0.15) is 0 Å². The smallest absolute Gasteiger partial charge is 0.237 e. The standard InChI is InChI=1S/C13H22N4OS/c1-3-6-17-13(2,12(14)18)5-4-9-19-11-10-15-7-8-16-11/h7-8,10,17H,3-6,9H2,1-2H3,(H2,14,18). The molecule has 19 heavy (non-hydrogen) atoms. The lowest BCUT2D eigenvalue weighted by atomic mass is 9.95. The first-order valence-corrected chi connectivity index (χ1v) is 7.51. The summed E-state index contributed by atoms with van der Waals surface area (Å²) in [4.78, 5) is 19.7. The minimum Gasteiger partial charge on any atom is -0.368 e. The third-order valence-corrected chi connectivity index (χ3v) is 3.92. The van der Waals surface area contributed by atoms with Gasteiger partial charge >= 0.3 is 0 Å². The molecule has 1 aromatic heterocycles. The molecule has 1 unspecified atom stereocenters. The number of primary amides is 1. The molecule has 3 N–H and O–H groups in total. The molecule has 0 aliphatic heterocycles. The van der Waals surface area contributed by atoms with Gasteiger partial charge in [-0.3, -0.25) is 9.78 Å². The van der Waals surface area contributed by atoms with E-state index in [4.69, 9.17) is 5.73 Å². The summed E-state index contributed by atoms with van der Waals surface area (Å²) in [6, 6.07) is 0.